The number of hydrogen-bond acceptors (Lipinski definition) is 3. The van der Waals surface area contributed by atoms with E-state index in [0.717, 1.165) is 0 Å². The Bertz CT molecular complexity index is 144. The van der Waals surface area contributed by atoms with Crippen molar-refractivity contribution in [2.45, 2.75) is 18.1 Å². The Morgan fingerprint density at radius 2 is 2.44 bits per heavy atom. The van der Waals surface area contributed by atoms with Crippen LogP contribution in [0.2, 0.25) is 0 Å². The summed E-state index contributed by atoms with van der Waals surface area (Å²) in [5.74, 6) is -0.0856. The summed E-state index contributed by atoms with van der Waals surface area (Å²) in [6.45, 7) is 0. The van der Waals surface area contributed by atoms with Crippen molar-refractivity contribution in [3.8, 4) is 0 Å². The SMILES string of the molecule is COC1(C(=N)N)CC1O. The molecule has 4 nitrogen and oxygen atoms in total. The second kappa shape index (κ2) is 1.68. The smallest absolute Gasteiger partial charge is 0.152 e. The number of aliphatic hydroxyl groups is 1. The standard InChI is InChI=1S/C5H10N2O2/c1-9-5(4(6)7)2-3(5)8/h3,8H,2H2,1H3,(H3,6,7). The molecule has 1 rings (SSSR count). The molecule has 0 amide bonds. The lowest BCUT2D eigenvalue weighted by molar-refractivity contribution is 0.0859. The second-order valence-corrected chi connectivity index (χ2v) is 2.23. The second-order valence-electron chi connectivity index (χ2n) is 2.23. The van der Waals surface area contributed by atoms with Crippen LogP contribution in [-0.2, 0) is 4.74 Å². The van der Waals surface area contributed by atoms with Crippen molar-refractivity contribution >= 4 is 5.84 Å². The third kappa shape index (κ3) is 0.710. The maximum atomic E-state index is 8.90. The number of methoxy groups -OCH3 is 1. The fraction of sp³-hybridized carbons (Fsp3) is 0.800. The predicted octanol–water partition coefficient (Wildman–Crippen LogP) is -0.928. The summed E-state index contributed by atoms with van der Waals surface area (Å²) in [5, 5.41) is 15.9. The molecule has 4 N–H and O–H groups in total. The summed E-state index contributed by atoms with van der Waals surface area (Å²) < 4.78 is 4.82. The maximum Gasteiger partial charge on any atom is 0.152 e. The van der Waals surface area contributed by atoms with Crippen molar-refractivity contribution in [1.29, 1.82) is 5.41 Å². The lowest BCUT2D eigenvalue weighted by Crippen LogP contribution is -2.35. The lowest BCUT2D eigenvalue weighted by Gasteiger charge is -2.09. The number of aliphatic hydroxyl groups excluding tert-OH is 1. The molecule has 2 unspecified atom stereocenters. The molecule has 1 fully saturated rings. The first-order chi connectivity index (χ1) is 4.13. The molecular formula is C5H10N2O2. The summed E-state index contributed by atoms with van der Waals surface area (Å²) in [7, 11) is 1.44. The number of ether oxygens (including phenoxy) is 1. The average Bonchev–Trinajstić information content (AvgIpc) is 2.43. The van der Waals surface area contributed by atoms with E-state index in [9.17, 15) is 0 Å². The summed E-state index contributed by atoms with van der Waals surface area (Å²) in [5.41, 5.74) is 4.30. The molecule has 4 heteroatoms. The van der Waals surface area contributed by atoms with E-state index in [0.29, 0.717) is 6.42 Å². The first-order valence-corrected chi connectivity index (χ1v) is 2.71. The number of hydrogen-bond donors (Lipinski definition) is 3. The molecule has 52 valence electrons. The molecule has 9 heavy (non-hydrogen) atoms. The molecule has 0 bridgehead atoms. The Hall–Kier alpha value is -0.610. The molecule has 1 aliphatic carbocycles. The molecule has 0 heterocycles. The van der Waals surface area contributed by atoms with Crippen LogP contribution < -0.4 is 5.73 Å². The summed E-state index contributed by atoms with van der Waals surface area (Å²) in [6, 6.07) is 0. The van der Waals surface area contributed by atoms with E-state index in [1.807, 2.05) is 0 Å². The number of rotatable bonds is 2. The fourth-order valence-corrected chi connectivity index (χ4v) is 0.847. The van der Waals surface area contributed by atoms with Crippen molar-refractivity contribution in [3.63, 3.8) is 0 Å². The van der Waals surface area contributed by atoms with Gasteiger partial charge in [0, 0.05) is 13.5 Å². The zero-order valence-electron chi connectivity index (χ0n) is 5.22. The minimum Gasteiger partial charge on any atom is -0.389 e. The van der Waals surface area contributed by atoms with Crippen LogP contribution in [0.1, 0.15) is 6.42 Å². The van der Waals surface area contributed by atoms with Gasteiger partial charge in [0.15, 0.2) is 5.60 Å². The number of amidine groups is 1. The van der Waals surface area contributed by atoms with Gasteiger partial charge >= 0.3 is 0 Å². The zero-order valence-corrected chi connectivity index (χ0v) is 5.22. The van der Waals surface area contributed by atoms with Crippen molar-refractivity contribution in [2.24, 2.45) is 5.73 Å². The summed E-state index contributed by atoms with van der Waals surface area (Å²) in [6.07, 6.45) is -0.112. The van der Waals surface area contributed by atoms with Crippen LogP contribution in [-0.4, -0.2) is 29.8 Å². The molecular weight excluding hydrogens is 120 g/mol. The van der Waals surface area contributed by atoms with E-state index < -0.39 is 11.7 Å². The van der Waals surface area contributed by atoms with Crippen molar-refractivity contribution < 1.29 is 9.84 Å². The van der Waals surface area contributed by atoms with Crippen LogP contribution >= 0.6 is 0 Å². The maximum absolute atomic E-state index is 8.90. The minimum atomic E-state index is -0.833. The van der Waals surface area contributed by atoms with Gasteiger partial charge in [0.25, 0.3) is 0 Å². The van der Waals surface area contributed by atoms with Gasteiger partial charge in [-0.3, -0.25) is 5.41 Å². The van der Waals surface area contributed by atoms with E-state index in [2.05, 4.69) is 0 Å². The topological polar surface area (TPSA) is 79.3 Å². The van der Waals surface area contributed by atoms with Crippen LogP contribution in [0.3, 0.4) is 0 Å². The highest BCUT2D eigenvalue weighted by Crippen LogP contribution is 2.38. The summed E-state index contributed by atoms with van der Waals surface area (Å²) >= 11 is 0. The van der Waals surface area contributed by atoms with Crippen LogP contribution in [0.25, 0.3) is 0 Å². The van der Waals surface area contributed by atoms with Gasteiger partial charge in [-0.05, 0) is 0 Å². The molecule has 0 aromatic rings. The van der Waals surface area contributed by atoms with E-state index in [4.69, 9.17) is 21.0 Å². The average molecular weight is 130 g/mol. The Labute approximate surface area is 53.1 Å². The van der Waals surface area contributed by atoms with Crippen LogP contribution in [0.5, 0.6) is 0 Å². The largest absolute Gasteiger partial charge is 0.389 e. The third-order valence-corrected chi connectivity index (χ3v) is 1.69. The summed E-state index contributed by atoms with van der Waals surface area (Å²) in [4.78, 5) is 0. The Morgan fingerprint density at radius 1 is 2.00 bits per heavy atom. The molecule has 0 spiro atoms. The van der Waals surface area contributed by atoms with Gasteiger partial charge in [-0.2, -0.15) is 0 Å². The molecule has 2 atom stereocenters. The van der Waals surface area contributed by atoms with Crippen molar-refractivity contribution in [2.75, 3.05) is 7.11 Å². The Kier molecular flexibility index (Phi) is 1.22. The minimum absolute atomic E-state index is 0.0856. The predicted molar refractivity (Wildman–Crippen MR) is 32.3 cm³/mol. The first kappa shape index (κ1) is 6.51. The van der Waals surface area contributed by atoms with Crippen LogP contribution in [0, 0.1) is 5.41 Å². The van der Waals surface area contributed by atoms with E-state index in [1.54, 1.807) is 0 Å². The molecule has 0 aromatic carbocycles. The van der Waals surface area contributed by atoms with Gasteiger partial charge in [0.1, 0.15) is 5.84 Å². The molecule has 1 saturated carbocycles. The Balaban J connectivity index is 2.62. The van der Waals surface area contributed by atoms with Crippen molar-refractivity contribution in [1.82, 2.24) is 0 Å². The molecule has 0 radical (unpaired) electrons. The highest BCUT2D eigenvalue weighted by Gasteiger charge is 2.57. The van der Waals surface area contributed by atoms with Gasteiger partial charge in [-0.25, -0.2) is 0 Å². The van der Waals surface area contributed by atoms with Gasteiger partial charge in [-0.1, -0.05) is 0 Å². The lowest BCUT2D eigenvalue weighted by atomic mass is 10.3. The number of nitrogens with two attached hydrogens (primary N) is 1. The normalized spacial score (nSPS) is 40.4. The third-order valence-electron chi connectivity index (χ3n) is 1.69. The van der Waals surface area contributed by atoms with Crippen molar-refractivity contribution in [3.05, 3.63) is 0 Å². The zero-order chi connectivity index (χ0) is 7.07. The van der Waals surface area contributed by atoms with Gasteiger partial charge < -0.3 is 15.6 Å². The quantitative estimate of drug-likeness (QED) is 0.334. The van der Waals surface area contributed by atoms with Gasteiger partial charge in [0.05, 0.1) is 6.10 Å². The van der Waals surface area contributed by atoms with Gasteiger partial charge in [-0.15, -0.1) is 0 Å². The molecule has 1 aliphatic rings. The van der Waals surface area contributed by atoms with Gasteiger partial charge in [0.2, 0.25) is 0 Å². The molecule has 0 aromatic heterocycles. The van der Waals surface area contributed by atoms with Crippen LogP contribution in [0.4, 0.5) is 0 Å². The van der Waals surface area contributed by atoms with E-state index in [1.165, 1.54) is 7.11 Å². The van der Waals surface area contributed by atoms with E-state index in [-0.39, 0.29) is 5.84 Å². The highest BCUT2D eigenvalue weighted by molar-refractivity contribution is 5.90. The Morgan fingerprint density at radius 3 is 2.44 bits per heavy atom. The first-order valence-electron chi connectivity index (χ1n) is 2.71. The fourth-order valence-electron chi connectivity index (χ4n) is 0.847. The van der Waals surface area contributed by atoms with Crippen LogP contribution in [0.15, 0.2) is 0 Å². The molecule has 0 aliphatic heterocycles. The number of nitrogens with one attached hydrogen (secondary N) is 1. The highest BCUT2D eigenvalue weighted by atomic mass is 16.5. The monoisotopic (exact) mass is 130 g/mol. The molecule has 0 saturated heterocycles. The van der Waals surface area contributed by atoms with E-state index >= 15 is 0 Å².